The average Bonchev–Trinajstić information content (AvgIpc) is 3.05. The maximum Gasteiger partial charge on any atom is 0.244 e. The second-order valence-electron chi connectivity index (χ2n) is 6.39. The van der Waals surface area contributed by atoms with Crippen LogP contribution >= 0.6 is 0 Å². The minimum atomic E-state index is -3.41. The van der Waals surface area contributed by atoms with E-state index in [4.69, 9.17) is 0 Å². The summed E-state index contributed by atoms with van der Waals surface area (Å²) in [6, 6.07) is 3.37. The predicted octanol–water partition coefficient (Wildman–Crippen LogP) is 2.33. The largest absolute Gasteiger partial charge is 0.370 e. The second-order valence-corrected chi connectivity index (χ2v) is 8.33. The van der Waals surface area contributed by atoms with Crippen LogP contribution < -0.4 is 5.32 Å². The number of aryl methyl sites for hydroxylation is 2. The molecule has 0 atom stereocenters. The van der Waals surface area contributed by atoms with Gasteiger partial charge in [0.15, 0.2) is 0 Å². The van der Waals surface area contributed by atoms with E-state index in [0.29, 0.717) is 18.9 Å². The van der Waals surface area contributed by atoms with Crippen LogP contribution in [0.5, 0.6) is 0 Å². The monoisotopic (exact) mass is 363 g/mol. The first-order chi connectivity index (χ1) is 12.1. The number of hydrogen-bond donors (Lipinski definition) is 2. The summed E-state index contributed by atoms with van der Waals surface area (Å²) in [5.74, 6) is 0.696. The summed E-state index contributed by atoms with van der Waals surface area (Å²) in [6.45, 7) is 4.00. The Kier molecular flexibility index (Phi) is 5.70. The van der Waals surface area contributed by atoms with Crippen LogP contribution in [-0.4, -0.2) is 47.5 Å². The van der Waals surface area contributed by atoms with E-state index >= 15 is 0 Å². The molecule has 0 amide bonds. The van der Waals surface area contributed by atoms with Gasteiger partial charge in [0.25, 0.3) is 0 Å². The fraction of sp³-hybridized carbons (Fsp3) is 0.529. The van der Waals surface area contributed by atoms with Gasteiger partial charge in [0.2, 0.25) is 10.0 Å². The van der Waals surface area contributed by atoms with Crippen LogP contribution in [0.1, 0.15) is 36.9 Å². The Morgan fingerprint density at radius 2 is 2.00 bits per heavy atom. The number of rotatable bonds is 7. The molecule has 136 valence electrons. The molecule has 0 bridgehead atoms. The molecule has 0 unspecified atom stereocenters. The number of hydrogen-bond acceptors (Lipinski definition) is 5. The Balaban J connectivity index is 1.52. The third kappa shape index (κ3) is 4.38. The van der Waals surface area contributed by atoms with Crippen molar-refractivity contribution in [2.24, 2.45) is 0 Å². The topological polar surface area (TPSA) is 91.0 Å². The number of pyridine rings is 1. The average molecular weight is 363 g/mol. The molecule has 1 saturated heterocycles. The van der Waals surface area contributed by atoms with Crippen molar-refractivity contribution in [3.8, 4) is 0 Å². The summed E-state index contributed by atoms with van der Waals surface area (Å²) >= 11 is 0. The van der Waals surface area contributed by atoms with Crippen LogP contribution in [0.2, 0.25) is 0 Å². The zero-order valence-electron chi connectivity index (χ0n) is 14.5. The van der Waals surface area contributed by atoms with Gasteiger partial charge in [-0.3, -0.25) is 5.10 Å². The molecule has 7 nitrogen and oxygen atoms in total. The van der Waals surface area contributed by atoms with Crippen LogP contribution in [0.25, 0.3) is 0 Å². The number of anilines is 1. The van der Waals surface area contributed by atoms with E-state index in [9.17, 15) is 8.42 Å². The van der Waals surface area contributed by atoms with Crippen LogP contribution in [0, 0.1) is 6.92 Å². The van der Waals surface area contributed by atoms with E-state index in [2.05, 4.69) is 20.5 Å². The maximum atomic E-state index is 12.6. The summed E-state index contributed by atoms with van der Waals surface area (Å²) in [5, 5.41) is 10.2. The SMILES string of the molecule is Cc1[nH]ncc1CCCNc1ccc(S(=O)(=O)N2CCCCC2)cn1. The van der Waals surface area contributed by atoms with Crippen molar-refractivity contribution in [2.75, 3.05) is 25.0 Å². The molecule has 1 aliphatic heterocycles. The molecule has 0 spiro atoms. The Bertz CT molecular complexity index is 780. The molecule has 2 aromatic rings. The number of sulfonamides is 1. The van der Waals surface area contributed by atoms with E-state index in [1.54, 1.807) is 16.4 Å². The first kappa shape index (κ1) is 17.9. The quantitative estimate of drug-likeness (QED) is 0.737. The summed E-state index contributed by atoms with van der Waals surface area (Å²) in [4.78, 5) is 4.53. The van der Waals surface area contributed by atoms with Gasteiger partial charge >= 0.3 is 0 Å². The molecule has 0 radical (unpaired) electrons. The third-order valence-corrected chi connectivity index (χ3v) is 6.43. The number of nitrogens with zero attached hydrogens (tertiary/aromatic N) is 3. The summed E-state index contributed by atoms with van der Waals surface area (Å²) in [5.41, 5.74) is 2.32. The van der Waals surface area contributed by atoms with Crippen LogP contribution in [0.15, 0.2) is 29.4 Å². The fourth-order valence-corrected chi connectivity index (χ4v) is 4.48. The highest BCUT2D eigenvalue weighted by molar-refractivity contribution is 7.89. The molecule has 8 heteroatoms. The van der Waals surface area contributed by atoms with Gasteiger partial charge in [0.05, 0.1) is 6.20 Å². The van der Waals surface area contributed by atoms with E-state index in [1.807, 2.05) is 13.1 Å². The van der Waals surface area contributed by atoms with Gasteiger partial charge in [-0.1, -0.05) is 6.42 Å². The van der Waals surface area contributed by atoms with Crippen LogP contribution in [-0.2, 0) is 16.4 Å². The van der Waals surface area contributed by atoms with Gasteiger partial charge in [-0.2, -0.15) is 9.40 Å². The van der Waals surface area contributed by atoms with Crippen molar-refractivity contribution < 1.29 is 8.42 Å². The van der Waals surface area contributed by atoms with Gasteiger partial charge in [-0.25, -0.2) is 13.4 Å². The standard InChI is InChI=1S/C17H25N5O2S/c1-14-15(12-20-21-14)6-5-9-18-17-8-7-16(13-19-17)25(23,24)22-10-3-2-4-11-22/h7-8,12-13H,2-6,9-11H2,1H3,(H,18,19)(H,20,21). The van der Waals surface area contributed by atoms with Crippen molar-refractivity contribution in [3.63, 3.8) is 0 Å². The van der Waals surface area contributed by atoms with Gasteiger partial charge < -0.3 is 5.32 Å². The lowest BCUT2D eigenvalue weighted by molar-refractivity contribution is 0.346. The minimum absolute atomic E-state index is 0.272. The molecule has 0 saturated carbocycles. The van der Waals surface area contributed by atoms with Gasteiger partial charge in [0.1, 0.15) is 10.7 Å². The molecule has 25 heavy (non-hydrogen) atoms. The Labute approximate surface area is 148 Å². The molecule has 1 aliphatic rings. The molecule has 2 aromatic heterocycles. The van der Waals surface area contributed by atoms with Crippen LogP contribution in [0.4, 0.5) is 5.82 Å². The normalized spacial score (nSPS) is 16.0. The highest BCUT2D eigenvalue weighted by atomic mass is 32.2. The van der Waals surface area contributed by atoms with Crippen LogP contribution in [0.3, 0.4) is 0 Å². The molecule has 1 fully saturated rings. The highest BCUT2D eigenvalue weighted by Crippen LogP contribution is 2.20. The molecule has 0 aliphatic carbocycles. The van der Waals surface area contributed by atoms with Gasteiger partial charge in [-0.05, 0) is 50.3 Å². The van der Waals surface area contributed by atoms with Crippen molar-refractivity contribution in [3.05, 3.63) is 35.8 Å². The molecule has 3 heterocycles. The summed E-state index contributed by atoms with van der Waals surface area (Å²) < 4.78 is 26.7. The molecule has 3 rings (SSSR count). The Hall–Kier alpha value is -1.93. The number of aromatic amines is 1. The maximum absolute atomic E-state index is 12.6. The first-order valence-corrected chi connectivity index (χ1v) is 10.2. The number of piperidine rings is 1. The van der Waals surface area contributed by atoms with E-state index in [-0.39, 0.29) is 4.90 Å². The summed E-state index contributed by atoms with van der Waals surface area (Å²) in [6.07, 6.45) is 8.17. The molecule has 0 aromatic carbocycles. The molecule has 2 N–H and O–H groups in total. The lowest BCUT2D eigenvalue weighted by atomic mass is 10.1. The van der Waals surface area contributed by atoms with E-state index < -0.39 is 10.0 Å². The highest BCUT2D eigenvalue weighted by Gasteiger charge is 2.26. The smallest absolute Gasteiger partial charge is 0.244 e. The predicted molar refractivity (Wildman–Crippen MR) is 97.0 cm³/mol. The Morgan fingerprint density at radius 3 is 2.64 bits per heavy atom. The van der Waals surface area contributed by atoms with E-state index in [1.165, 1.54) is 11.8 Å². The second kappa shape index (κ2) is 7.97. The van der Waals surface area contributed by atoms with Gasteiger partial charge in [-0.15, -0.1) is 0 Å². The molecular formula is C17H25N5O2S. The number of nitrogens with one attached hydrogen (secondary N) is 2. The van der Waals surface area contributed by atoms with Crippen molar-refractivity contribution in [1.29, 1.82) is 0 Å². The van der Waals surface area contributed by atoms with Gasteiger partial charge in [0, 0.05) is 31.5 Å². The Morgan fingerprint density at radius 1 is 1.20 bits per heavy atom. The lowest BCUT2D eigenvalue weighted by Crippen LogP contribution is -2.35. The first-order valence-electron chi connectivity index (χ1n) is 8.76. The minimum Gasteiger partial charge on any atom is -0.370 e. The summed E-state index contributed by atoms with van der Waals surface area (Å²) in [7, 11) is -3.41. The third-order valence-electron chi connectivity index (χ3n) is 4.55. The van der Waals surface area contributed by atoms with Crippen molar-refractivity contribution in [2.45, 2.75) is 43.9 Å². The zero-order valence-corrected chi connectivity index (χ0v) is 15.3. The zero-order chi connectivity index (χ0) is 17.7. The lowest BCUT2D eigenvalue weighted by Gasteiger charge is -2.25. The fourth-order valence-electron chi connectivity index (χ4n) is 3.01. The molecular weight excluding hydrogens is 338 g/mol. The van der Waals surface area contributed by atoms with Crippen molar-refractivity contribution in [1.82, 2.24) is 19.5 Å². The number of aromatic nitrogens is 3. The van der Waals surface area contributed by atoms with E-state index in [0.717, 1.165) is 44.3 Å². The van der Waals surface area contributed by atoms with Crippen molar-refractivity contribution >= 4 is 15.8 Å². The number of H-pyrrole nitrogens is 1.